The highest BCUT2D eigenvalue weighted by atomic mass is 32.2. The number of methoxy groups -OCH3 is 1. The second-order valence-electron chi connectivity index (χ2n) is 5.37. The topological polar surface area (TPSA) is 94.8 Å². The Morgan fingerprint density at radius 3 is 2.78 bits per heavy atom. The van der Waals surface area contributed by atoms with Crippen molar-refractivity contribution in [1.29, 1.82) is 0 Å². The predicted octanol–water partition coefficient (Wildman–Crippen LogP) is -1.14. The SMILES string of the molecule is COC(=O)C(=O)C1=CN=CC2=c3c(ccn31)=CC(S(C)(=O)=O)C2. The van der Waals surface area contributed by atoms with E-state index in [1.54, 1.807) is 22.9 Å². The molecule has 0 N–H and O–H groups in total. The first kappa shape index (κ1) is 15.4. The van der Waals surface area contributed by atoms with Crippen LogP contribution in [-0.2, 0) is 24.2 Å². The number of esters is 1. The molecule has 8 heteroatoms. The Morgan fingerprint density at radius 2 is 2.13 bits per heavy atom. The summed E-state index contributed by atoms with van der Waals surface area (Å²) in [5.74, 6) is -1.79. The van der Waals surface area contributed by atoms with Gasteiger partial charge in [0.15, 0.2) is 9.84 Å². The van der Waals surface area contributed by atoms with Crippen LogP contribution in [0.1, 0.15) is 6.42 Å². The van der Waals surface area contributed by atoms with Crippen LogP contribution >= 0.6 is 0 Å². The second-order valence-corrected chi connectivity index (χ2v) is 7.63. The lowest BCUT2D eigenvalue weighted by Crippen LogP contribution is -2.39. The maximum absolute atomic E-state index is 12.1. The minimum Gasteiger partial charge on any atom is -0.463 e. The van der Waals surface area contributed by atoms with Gasteiger partial charge in [-0.3, -0.25) is 9.79 Å². The molecule has 3 rings (SSSR count). The van der Waals surface area contributed by atoms with E-state index < -0.39 is 26.8 Å². The van der Waals surface area contributed by atoms with Crippen LogP contribution in [0.4, 0.5) is 0 Å². The molecule has 2 aliphatic rings. The number of nitrogens with zero attached hydrogens (tertiary/aromatic N) is 2. The van der Waals surface area contributed by atoms with Gasteiger partial charge in [0.1, 0.15) is 5.70 Å². The Morgan fingerprint density at radius 1 is 1.39 bits per heavy atom. The molecule has 2 heterocycles. The molecule has 0 aromatic carbocycles. The van der Waals surface area contributed by atoms with Gasteiger partial charge in [-0.2, -0.15) is 0 Å². The Hall–Kier alpha value is -2.48. The number of aromatic nitrogens is 1. The fraction of sp³-hybridized carbons (Fsp3) is 0.267. The van der Waals surface area contributed by atoms with E-state index in [2.05, 4.69) is 9.73 Å². The molecule has 0 amide bonds. The summed E-state index contributed by atoms with van der Waals surface area (Å²) in [4.78, 5) is 27.7. The normalized spacial score (nSPS) is 19.3. The maximum Gasteiger partial charge on any atom is 0.381 e. The summed E-state index contributed by atoms with van der Waals surface area (Å²) in [7, 11) is -2.11. The number of hydrogen-bond acceptors (Lipinski definition) is 6. The van der Waals surface area contributed by atoms with Crippen molar-refractivity contribution in [2.75, 3.05) is 13.4 Å². The van der Waals surface area contributed by atoms with Crippen molar-refractivity contribution in [2.24, 2.45) is 4.99 Å². The molecule has 1 aromatic rings. The third kappa shape index (κ3) is 2.55. The van der Waals surface area contributed by atoms with Gasteiger partial charge < -0.3 is 9.30 Å². The van der Waals surface area contributed by atoms with E-state index in [1.807, 2.05) is 0 Å². The first-order chi connectivity index (χ1) is 10.8. The van der Waals surface area contributed by atoms with Crippen molar-refractivity contribution in [3.8, 4) is 0 Å². The van der Waals surface area contributed by atoms with Gasteiger partial charge in [-0.1, -0.05) is 6.08 Å². The van der Waals surface area contributed by atoms with Crippen molar-refractivity contribution >= 4 is 45.2 Å². The standard InChI is InChI=1S/C15H14N2O5S/c1-22-15(19)14(18)12-8-16-7-10-6-11(23(2,20)21)5-9-3-4-17(12)13(9)10/h3-5,7-8,11H,6H2,1-2H3. The summed E-state index contributed by atoms with van der Waals surface area (Å²) < 4.78 is 29.7. The summed E-state index contributed by atoms with van der Waals surface area (Å²) in [6.45, 7) is 0. The van der Waals surface area contributed by atoms with E-state index in [9.17, 15) is 18.0 Å². The quantitative estimate of drug-likeness (QED) is 0.514. The summed E-state index contributed by atoms with van der Waals surface area (Å²) in [6, 6.07) is 1.71. The molecule has 0 bridgehead atoms. The second kappa shape index (κ2) is 5.31. The number of rotatable bonds is 3. The van der Waals surface area contributed by atoms with Gasteiger partial charge in [-0.15, -0.1) is 0 Å². The molecule has 7 nitrogen and oxygen atoms in total. The summed E-state index contributed by atoms with van der Waals surface area (Å²) >= 11 is 0. The Balaban J connectivity index is 2.21. The van der Waals surface area contributed by atoms with Gasteiger partial charge in [0.25, 0.3) is 5.78 Å². The lowest BCUT2D eigenvalue weighted by atomic mass is 10.0. The monoisotopic (exact) mass is 334 g/mol. The van der Waals surface area contributed by atoms with Gasteiger partial charge in [-0.05, 0) is 23.3 Å². The third-order valence-corrected chi connectivity index (χ3v) is 5.25. The van der Waals surface area contributed by atoms with Crippen LogP contribution in [0.3, 0.4) is 0 Å². The predicted molar refractivity (Wildman–Crippen MR) is 84.6 cm³/mol. The highest BCUT2D eigenvalue weighted by Crippen LogP contribution is 2.17. The van der Waals surface area contributed by atoms with Crippen molar-refractivity contribution < 1.29 is 22.7 Å². The average Bonchev–Trinajstić information content (AvgIpc) is 2.83. The fourth-order valence-electron chi connectivity index (χ4n) is 2.71. The maximum atomic E-state index is 12.1. The smallest absolute Gasteiger partial charge is 0.381 e. The molecule has 0 fully saturated rings. The van der Waals surface area contributed by atoms with Crippen LogP contribution in [0, 0.1) is 0 Å². The number of ketones is 1. The van der Waals surface area contributed by atoms with Gasteiger partial charge in [0, 0.05) is 18.7 Å². The molecule has 0 spiro atoms. The Bertz CT molecular complexity index is 995. The zero-order chi connectivity index (χ0) is 16.8. The fourth-order valence-corrected chi connectivity index (χ4v) is 3.59. The zero-order valence-electron chi connectivity index (χ0n) is 12.5. The van der Waals surface area contributed by atoms with Gasteiger partial charge in [0.2, 0.25) is 0 Å². The summed E-state index contributed by atoms with van der Waals surface area (Å²) in [6.07, 6.45) is 7.54. The number of ether oxygens (including phenoxy) is 1. The number of hydrogen-bond donors (Lipinski definition) is 0. The van der Waals surface area contributed by atoms with E-state index in [-0.39, 0.29) is 12.1 Å². The van der Waals surface area contributed by atoms with Gasteiger partial charge in [0.05, 0.1) is 23.9 Å². The van der Waals surface area contributed by atoms with Crippen LogP contribution in [0.5, 0.6) is 0 Å². The molecule has 0 saturated heterocycles. The first-order valence-corrected chi connectivity index (χ1v) is 8.76. The lowest BCUT2D eigenvalue weighted by Gasteiger charge is -2.15. The molecule has 23 heavy (non-hydrogen) atoms. The molecule has 120 valence electrons. The molecule has 1 atom stereocenters. The van der Waals surface area contributed by atoms with Crippen molar-refractivity contribution in [1.82, 2.24) is 4.57 Å². The number of carbonyl (C=O) groups is 2. The number of sulfone groups is 1. The number of Topliss-reactive ketones (excluding diaryl/α,β-unsaturated/α-hetero) is 1. The van der Waals surface area contributed by atoms with E-state index in [1.165, 1.54) is 18.7 Å². The van der Waals surface area contributed by atoms with E-state index in [0.29, 0.717) is 16.1 Å². The van der Waals surface area contributed by atoms with Crippen LogP contribution in [0.25, 0.3) is 17.3 Å². The molecule has 0 saturated carbocycles. The zero-order valence-corrected chi connectivity index (χ0v) is 13.3. The number of aliphatic imine (C=N–C) groups is 1. The van der Waals surface area contributed by atoms with Crippen molar-refractivity contribution in [2.45, 2.75) is 11.7 Å². The molecule has 0 radical (unpaired) electrons. The Labute approximate surface area is 132 Å². The van der Waals surface area contributed by atoms with Crippen molar-refractivity contribution in [3.63, 3.8) is 0 Å². The summed E-state index contributed by atoms with van der Waals surface area (Å²) in [5, 5.41) is 0.735. The molecule has 1 aromatic heterocycles. The van der Waals surface area contributed by atoms with Crippen LogP contribution in [0.2, 0.25) is 0 Å². The van der Waals surface area contributed by atoms with Crippen LogP contribution in [-0.4, -0.2) is 49.6 Å². The third-order valence-electron chi connectivity index (χ3n) is 3.85. The number of carbonyl (C=O) groups excluding carboxylic acids is 2. The van der Waals surface area contributed by atoms with Gasteiger partial charge >= 0.3 is 5.97 Å². The van der Waals surface area contributed by atoms with Gasteiger partial charge in [-0.25, -0.2) is 13.2 Å². The minimum atomic E-state index is -3.24. The highest BCUT2D eigenvalue weighted by Gasteiger charge is 2.27. The summed E-state index contributed by atoms with van der Waals surface area (Å²) in [5.41, 5.74) is 0.766. The molecule has 1 unspecified atom stereocenters. The minimum absolute atomic E-state index is 0.0653. The first-order valence-electron chi connectivity index (χ1n) is 6.80. The average molecular weight is 334 g/mol. The largest absolute Gasteiger partial charge is 0.463 e. The van der Waals surface area contributed by atoms with Crippen molar-refractivity contribution in [3.05, 3.63) is 29.0 Å². The highest BCUT2D eigenvalue weighted by molar-refractivity contribution is 7.91. The Kier molecular flexibility index (Phi) is 3.56. The van der Waals surface area contributed by atoms with E-state index in [4.69, 9.17) is 0 Å². The van der Waals surface area contributed by atoms with E-state index >= 15 is 0 Å². The van der Waals surface area contributed by atoms with Crippen LogP contribution in [0.15, 0.2) is 23.5 Å². The van der Waals surface area contributed by atoms with E-state index in [0.717, 1.165) is 7.11 Å². The van der Waals surface area contributed by atoms with Crippen LogP contribution < -0.4 is 10.6 Å². The molecule has 1 aliphatic carbocycles. The lowest BCUT2D eigenvalue weighted by molar-refractivity contribution is -0.149. The molecular formula is C15H14N2O5S. The molecule has 1 aliphatic heterocycles. The molecular weight excluding hydrogens is 320 g/mol.